The van der Waals surface area contributed by atoms with Gasteiger partial charge in [0.15, 0.2) is 0 Å². The zero-order chi connectivity index (χ0) is 19.6. The molecule has 2 aromatic heterocycles. The van der Waals surface area contributed by atoms with Crippen LogP contribution in [-0.2, 0) is 11.2 Å². The Morgan fingerprint density at radius 1 is 1.10 bits per heavy atom. The molecule has 150 valence electrons. The van der Waals surface area contributed by atoms with Gasteiger partial charge >= 0.3 is 0 Å². The van der Waals surface area contributed by atoms with Gasteiger partial charge in [0.2, 0.25) is 11.8 Å². The smallest absolute Gasteiger partial charge is 0.250 e. The number of carbonyl (C=O) groups is 1. The number of rotatable bonds is 4. The summed E-state index contributed by atoms with van der Waals surface area (Å²) in [6, 6.07) is 10.1. The number of aryl methyl sites for hydroxylation is 1. The van der Waals surface area contributed by atoms with Crippen molar-refractivity contribution in [3.63, 3.8) is 0 Å². The molecule has 29 heavy (non-hydrogen) atoms. The number of nitrogens with zero attached hydrogens (tertiary/aromatic N) is 4. The number of carbonyl (C=O) groups excluding carboxylic acids is 1. The molecule has 0 bridgehead atoms. The lowest BCUT2D eigenvalue weighted by Crippen LogP contribution is -2.45. The molecule has 3 aromatic rings. The number of benzene rings is 1. The van der Waals surface area contributed by atoms with Crippen LogP contribution in [0.25, 0.3) is 11.5 Å². The fourth-order valence-corrected chi connectivity index (χ4v) is 4.31. The summed E-state index contributed by atoms with van der Waals surface area (Å²) in [6.07, 6.45) is 7.10. The highest BCUT2D eigenvalue weighted by Gasteiger charge is 2.28. The fraction of sp³-hybridized carbons (Fsp3) is 0.409. The minimum Gasteiger partial charge on any atom is -0.472 e. The van der Waals surface area contributed by atoms with Gasteiger partial charge in [0.1, 0.15) is 6.26 Å². The van der Waals surface area contributed by atoms with Crippen molar-refractivity contribution in [2.75, 3.05) is 31.1 Å². The molecule has 7 heteroatoms. The molecule has 4 heterocycles. The Bertz CT molecular complexity index is 974. The molecule has 1 amide bonds. The second kappa shape index (κ2) is 7.83. The van der Waals surface area contributed by atoms with Gasteiger partial charge in [-0.05, 0) is 56.5 Å². The number of aromatic nitrogens is 2. The summed E-state index contributed by atoms with van der Waals surface area (Å²) in [6.45, 7) is 2.99. The van der Waals surface area contributed by atoms with Gasteiger partial charge in [-0.15, -0.1) is 10.2 Å². The first kappa shape index (κ1) is 18.1. The second-order valence-corrected chi connectivity index (χ2v) is 7.79. The normalized spacial score (nSPS) is 18.0. The van der Waals surface area contributed by atoms with Crippen molar-refractivity contribution in [1.29, 1.82) is 0 Å². The molecule has 1 fully saturated rings. The van der Waals surface area contributed by atoms with Crippen molar-refractivity contribution < 1.29 is 13.6 Å². The van der Waals surface area contributed by atoms with E-state index in [0.29, 0.717) is 18.3 Å². The van der Waals surface area contributed by atoms with Crippen LogP contribution in [0, 0.1) is 0 Å². The lowest BCUT2D eigenvalue weighted by molar-refractivity contribution is -0.120. The molecule has 0 aliphatic carbocycles. The van der Waals surface area contributed by atoms with E-state index in [0.717, 1.165) is 56.6 Å². The van der Waals surface area contributed by atoms with Crippen molar-refractivity contribution in [3.05, 3.63) is 54.3 Å². The number of amides is 1. The summed E-state index contributed by atoms with van der Waals surface area (Å²) in [5.41, 5.74) is 3.15. The minimum absolute atomic E-state index is 0.190. The van der Waals surface area contributed by atoms with Crippen molar-refractivity contribution >= 4 is 11.6 Å². The SMILES string of the molecule is O=C(CN1CCC(c2nnc(-c3ccoc3)o2)CC1)N1CCCc2ccccc21. The lowest BCUT2D eigenvalue weighted by atomic mass is 9.96. The largest absolute Gasteiger partial charge is 0.472 e. The average molecular weight is 392 g/mol. The highest BCUT2D eigenvalue weighted by Crippen LogP contribution is 2.30. The standard InChI is InChI=1S/C22H24N4O3/c27-20(26-10-3-5-16-4-1-2-6-19(16)26)14-25-11-7-17(8-12-25)21-23-24-22(29-21)18-9-13-28-15-18/h1-2,4,6,9,13,15,17H,3,5,7-8,10-12,14H2. The predicted octanol–water partition coefficient (Wildman–Crippen LogP) is 3.49. The molecule has 1 saturated heterocycles. The molecule has 0 spiro atoms. The van der Waals surface area contributed by atoms with Crippen LogP contribution in [0.5, 0.6) is 0 Å². The maximum Gasteiger partial charge on any atom is 0.250 e. The maximum atomic E-state index is 12.9. The average Bonchev–Trinajstić information content (AvgIpc) is 3.46. The molecule has 5 rings (SSSR count). The summed E-state index contributed by atoms with van der Waals surface area (Å²) in [5.74, 6) is 1.60. The highest BCUT2D eigenvalue weighted by atomic mass is 16.4. The van der Waals surface area contributed by atoms with E-state index in [2.05, 4.69) is 27.2 Å². The van der Waals surface area contributed by atoms with Gasteiger partial charge in [-0.2, -0.15) is 0 Å². The fourth-order valence-electron chi connectivity index (χ4n) is 4.31. The summed E-state index contributed by atoms with van der Waals surface area (Å²) >= 11 is 0. The first-order valence-electron chi connectivity index (χ1n) is 10.2. The Kier molecular flexibility index (Phi) is 4.89. The van der Waals surface area contributed by atoms with Gasteiger partial charge in [-0.3, -0.25) is 9.69 Å². The number of piperidine rings is 1. The van der Waals surface area contributed by atoms with E-state index < -0.39 is 0 Å². The Morgan fingerprint density at radius 3 is 2.79 bits per heavy atom. The number of anilines is 1. The molecule has 2 aliphatic rings. The van der Waals surface area contributed by atoms with Gasteiger partial charge in [-0.1, -0.05) is 18.2 Å². The summed E-state index contributed by atoms with van der Waals surface area (Å²) in [5, 5.41) is 8.36. The third kappa shape index (κ3) is 3.70. The molecule has 0 unspecified atom stereocenters. The van der Waals surface area contributed by atoms with Crippen LogP contribution in [0.3, 0.4) is 0 Å². The summed E-state index contributed by atoms with van der Waals surface area (Å²) in [7, 11) is 0. The van der Waals surface area contributed by atoms with E-state index in [4.69, 9.17) is 8.83 Å². The van der Waals surface area contributed by atoms with Gasteiger partial charge in [0.05, 0.1) is 18.4 Å². The van der Waals surface area contributed by atoms with Crippen molar-refractivity contribution in [2.45, 2.75) is 31.6 Å². The molecule has 2 aliphatic heterocycles. The van der Waals surface area contributed by atoms with Crippen molar-refractivity contribution in [3.8, 4) is 11.5 Å². The van der Waals surface area contributed by atoms with Gasteiger partial charge in [0, 0.05) is 18.2 Å². The van der Waals surface area contributed by atoms with Gasteiger partial charge < -0.3 is 13.7 Å². The Balaban J connectivity index is 1.18. The van der Waals surface area contributed by atoms with E-state index >= 15 is 0 Å². The van der Waals surface area contributed by atoms with Crippen LogP contribution in [0.4, 0.5) is 5.69 Å². The quantitative estimate of drug-likeness (QED) is 0.677. The van der Waals surface area contributed by atoms with E-state index in [1.807, 2.05) is 23.1 Å². The summed E-state index contributed by atoms with van der Waals surface area (Å²) < 4.78 is 10.9. The maximum absolute atomic E-state index is 12.9. The molecule has 0 atom stereocenters. The van der Waals surface area contributed by atoms with E-state index in [1.165, 1.54) is 5.56 Å². The first-order chi connectivity index (χ1) is 14.3. The number of para-hydroxylation sites is 1. The van der Waals surface area contributed by atoms with Gasteiger partial charge in [0.25, 0.3) is 5.89 Å². The number of fused-ring (bicyclic) bond motifs is 1. The van der Waals surface area contributed by atoms with Crippen molar-refractivity contribution in [2.24, 2.45) is 0 Å². The molecule has 0 radical (unpaired) electrons. The Morgan fingerprint density at radius 2 is 1.97 bits per heavy atom. The molecule has 1 aromatic carbocycles. The van der Waals surface area contributed by atoms with Crippen molar-refractivity contribution in [1.82, 2.24) is 15.1 Å². The Hall–Kier alpha value is -2.93. The minimum atomic E-state index is 0.190. The molecular weight excluding hydrogens is 368 g/mol. The number of hydrogen-bond acceptors (Lipinski definition) is 6. The molecule has 0 saturated carbocycles. The van der Waals surface area contributed by atoms with Crippen LogP contribution >= 0.6 is 0 Å². The zero-order valence-electron chi connectivity index (χ0n) is 16.3. The highest BCUT2D eigenvalue weighted by molar-refractivity contribution is 5.95. The molecular formula is C22H24N4O3. The first-order valence-corrected chi connectivity index (χ1v) is 10.2. The van der Waals surface area contributed by atoms with E-state index in [1.54, 1.807) is 12.5 Å². The van der Waals surface area contributed by atoms with E-state index in [-0.39, 0.29) is 11.8 Å². The lowest BCUT2D eigenvalue weighted by Gasteiger charge is -2.34. The van der Waals surface area contributed by atoms with Crippen LogP contribution in [0.15, 0.2) is 51.7 Å². The van der Waals surface area contributed by atoms with Crippen LogP contribution in [0.2, 0.25) is 0 Å². The monoisotopic (exact) mass is 392 g/mol. The topological polar surface area (TPSA) is 75.6 Å². The zero-order valence-corrected chi connectivity index (χ0v) is 16.3. The van der Waals surface area contributed by atoms with Gasteiger partial charge in [-0.25, -0.2) is 0 Å². The summed E-state index contributed by atoms with van der Waals surface area (Å²) in [4.78, 5) is 17.1. The van der Waals surface area contributed by atoms with E-state index in [9.17, 15) is 4.79 Å². The van der Waals surface area contributed by atoms with Crippen LogP contribution < -0.4 is 4.90 Å². The Labute approximate surface area is 169 Å². The van der Waals surface area contributed by atoms with Crippen LogP contribution in [-0.4, -0.2) is 47.2 Å². The molecule has 0 N–H and O–H groups in total. The van der Waals surface area contributed by atoms with Crippen LogP contribution in [0.1, 0.15) is 36.6 Å². The second-order valence-electron chi connectivity index (χ2n) is 7.79. The number of furan rings is 1. The predicted molar refractivity (Wildman–Crippen MR) is 108 cm³/mol. The molecule has 7 nitrogen and oxygen atoms in total. The third-order valence-electron chi connectivity index (χ3n) is 5.92. The number of likely N-dealkylation sites (tertiary alicyclic amines) is 1. The third-order valence-corrected chi connectivity index (χ3v) is 5.92. The number of hydrogen-bond donors (Lipinski definition) is 0.